The maximum atomic E-state index is 11.8. The zero-order valence-electron chi connectivity index (χ0n) is 17.6. The molecule has 1 aromatic carbocycles. The standard InChI is InChI=1S/C22H20Cl3N5O3/c1-13(31)29-5-7-30(8-6-29)18-4-2-3-16(23)20(18)17-10-19(33-28-17)14-9-15(12-26-11-14)27-22(32)21(24)25/h2-4,9-12,21H,5-8H2,1H3,(H,27,32). The molecule has 4 rings (SSSR count). The highest BCUT2D eigenvalue weighted by atomic mass is 35.5. The van der Waals surface area contributed by atoms with Crippen molar-refractivity contribution in [2.75, 3.05) is 36.4 Å². The number of piperazine rings is 1. The Bertz CT molecular complexity index is 1180. The van der Waals surface area contributed by atoms with Crippen molar-refractivity contribution in [3.8, 4) is 22.6 Å². The average Bonchev–Trinajstić information content (AvgIpc) is 3.29. The number of benzene rings is 1. The summed E-state index contributed by atoms with van der Waals surface area (Å²) in [4.78, 5) is 30.4. The third-order valence-corrected chi connectivity index (χ3v) is 6.02. The van der Waals surface area contributed by atoms with E-state index in [1.807, 2.05) is 17.0 Å². The number of nitrogens with one attached hydrogen (secondary N) is 1. The molecule has 1 fully saturated rings. The van der Waals surface area contributed by atoms with Gasteiger partial charge < -0.3 is 19.6 Å². The molecule has 1 aliphatic heterocycles. The summed E-state index contributed by atoms with van der Waals surface area (Å²) in [6.45, 7) is 4.23. The molecule has 0 atom stereocenters. The van der Waals surface area contributed by atoms with E-state index in [0.29, 0.717) is 53.9 Å². The number of pyridine rings is 1. The Morgan fingerprint density at radius 3 is 2.58 bits per heavy atom. The van der Waals surface area contributed by atoms with Crippen LogP contribution in [0.15, 0.2) is 47.2 Å². The van der Waals surface area contributed by atoms with Crippen LogP contribution in [0.3, 0.4) is 0 Å². The molecule has 2 amide bonds. The average molecular weight is 509 g/mol. The molecule has 0 saturated carbocycles. The number of carbonyl (C=O) groups excluding carboxylic acids is 2. The predicted molar refractivity (Wildman–Crippen MR) is 129 cm³/mol. The van der Waals surface area contributed by atoms with Crippen molar-refractivity contribution in [3.05, 3.63) is 47.7 Å². The van der Waals surface area contributed by atoms with Crippen molar-refractivity contribution in [1.29, 1.82) is 0 Å². The van der Waals surface area contributed by atoms with Crippen molar-refractivity contribution < 1.29 is 14.1 Å². The minimum absolute atomic E-state index is 0.0711. The van der Waals surface area contributed by atoms with E-state index in [0.717, 1.165) is 11.3 Å². The summed E-state index contributed by atoms with van der Waals surface area (Å²) in [5.41, 5.74) is 3.25. The normalized spacial score (nSPS) is 14.0. The largest absolute Gasteiger partial charge is 0.367 e. The van der Waals surface area contributed by atoms with Crippen molar-refractivity contribution in [2.24, 2.45) is 0 Å². The van der Waals surface area contributed by atoms with E-state index < -0.39 is 10.7 Å². The molecule has 3 aromatic rings. The molecule has 172 valence electrons. The molecule has 0 radical (unpaired) electrons. The first-order chi connectivity index (χ1) is 15.8. The fraction of sp³-hybridized carbons (Fsp3) is 0.273. The summed E-state index contributed by atoms with van der Waals surface area (Å²) in [5.74, 6) is -0.0305. The minimum Gasteiger partial charge on any atom is -0.367 e. The lowest BCUT2D eigenvalue weighted by Crippen LogP contribution is -2.48. The van der Waals surface area contributed by atoms with E-state index in [1.54, 1.807) is 31.3 Å². The molecular weight excluding hydrogens is 489 g/mol. The molecule has 8 nitrogen and oxygen atoms in total. The van der Waals surface area contributed by atoms with Gasteiger partial charge in [0.1, 0.15) is 5.69 Å². The van der Waals surface area contributed by atoms with E-state index >= 15 is 0 Å². The zero-order valence-corrected chi connectivity index (χ0v) is 19.9. The summed E-state index contributed by atoms with van der Waals surface area (Å²) in [5, 5.41) is 7.35. The number of carbonyl (C=O) groups is 2. The van der Waals surface area contributed by atoms with Gasteiger partial charge in [-0.15, -0.1) is 0 Å². The van der Waals surface area contributed by atoms with Crippen LogP contribution in [0.1, 0.15) is 6.92 Å². The van der Waals surface area contributed by atoms with Crippen LogP contribution in [0.2, 0.25) is 5.02 Å². The van der Waals surface area contributed by atoms with Crippen LogP contribution in [-0.2, 0) is 9.59 Å². The molecule has 3 heterocycles. The van der Waals surface area contributed by atoms with Crippen molar-refractivity contribution in [2.45, 2.75) is 11.8 Å². The van der Waals surface area contributed by atoms with E-state index in [2.05, 4.69) is 20.4 Å². The topological polar surface area (TPSA) is 91.6 Å². The third kappa shape index (κ3) is 5.24. The van der Waals surface area contributed by atoms with Gasteiger partial charge in [0.2, 0.25) is 5.91 Å². The highest BCUT2D eigenvalue weighted by molar-refractivity contribution is 6.54. The first-order valence-electron chi connectivity index (χ1n) is 10.1. The molecule has 33 heavy (non-hydrogen) atoms. The van der Waals surface area contributed by atoms with Crippen LogP contribution < -0.4 is 10.2 Å². The van der Waals surface area contributed by atoms with Gasteiger partial charge in [-0.05, 0) is 18.2 Å². The second-order valence-corrected chi connectivity index (χ2v) is 8.96. The summed E-state index contributed by atoms with van der Waals surface area (Å²) in [7, 11) is 0. The second-order valence-electron chi connectivity index (χ2n) is 7.46. The van der Waals surface area contributed by atoms with Crippen LogP contribution in [0.4, 0.5) is 11.4 Å². The molecular formula is C22H20Cl3N5O3. The van der Waals surface area contributed by atoms with Crippen molar-refractivity contribution in [3.63, 3.8) is 0 Å². The maximum absolute atomic E-state index is 11.8. The van der Waals surface area contributed by atoms with Gasteiger partial charge in [0.05, 0.1) is 16.9 Å². The van der Waals surface area contributed by atoms with Gasteiger partial charge in [-0.2, -0.15) is 0 Å². The lowest BCUT2D eigenvalue weighted by molar-refractivity contribution is -0.129. The summed E-state index contributed by atoms with van der Waals surface area (Å²) in [6.07, 6.45) is 3.06. The SMILES string of the molecule is CC(=O)N1CCN(c2cccc(Cl)c2-c2cc(-c3cncc(NC(=O)C(Cl)Cl)c3)on2)CC1. The van der Waals surface area contributed by atoms with E-state index in [9.17, 15) is 9.59 Å². The summed E-state index contributed by atoms with van der Waals surface area (Å²) < 4.78 is 5.57. The molecule has 0 unspecified atom stereocenters. The van der Waals surface area contributed by atoms with Crippen LogP contribution in [0.25, 0.3) is 22.6 Å². The molecule has 0 aliphatic carbocycles. The Kier molecular flexibility index (Phi) is 7.07. The number of anilines is 2. The Balaban J connectivity index is 1.61. The van der Waals surface area contributed by atoms with Crippen LogP contribution in [0, 0.1) is 0 Å². The summed E-state index contributed by atoms with van der Waals surface area (Å²) in [6, 6.07) is 9.11. The first-order valence-corrected chi connectivity index (χ1v) is 11.4. The number of hydrogen-bond acceptors (Lipinski definition) is 6. The number of hydrogen-bond donors (Lipinski definition) is 1. The fourth-order valence-corrected chi connectivity index (χ4v) is 4.04. The molecule has 0 bridgehead atoms. The number of aromatic nitrogens is 2. The number of rotatable bonds is 5. The van der Waals surface area contributed by atoms with Crippen LogP contribution >= 0.6 is 34.8 Å². The lowest BCUT2D eigenvalue weighted by atomic mass is 10.1. The van der Waals surface area contributed by atoms with Gasteiger partial charge in [0.25, 0.3) is 5.91 Å². The van der Waals surface area contributed by atoms with Gasteiger partial charge in [-0.25, -0.2) is 0 Å². The quantitative estimate of drug-likeness (QED) is 0.511. The molecule has 1 N–H and O–H groups in total. The second kappa shape index (κ2) is 9.99. The minimum atomic E-state index is -1.19. The van der Waals surface area contributed by atoms with Crippen molar-refractivity contribution in [1.82, 2.24) is 15.0 Å². The third-order valence-electron chi connectivity index (χ3n) is 5.31. The van der Waals surface area contributed by atoms with Crippen LogP contribution in [0.5, 0.6) is 0 Å². The molecule has 1 saturated heterocycles. The maximum Gasteiger partial charge on any atom is 0.257 e. The molecule has 2 aromatic heterocycles. The fourth-order valence-electron chi connectivity index (χ4n) is 3.66. The Morgan fingerprint density at radius 1 is 1.12 bits per heavy atom. The van der Waals surface area contributed by atoms with Gasteiger partial charge in [-0.3, -0.25) is 14.6 Å². The van der Waals surface area contributed by atoms with Crippen LogP contribution in [-0.4, -0.2) is 57.9 Å². The van der Waals surface area contributed by atoms with Gasteiger partial charge in [0, 0.05) is 62.2 Å². The van der Waals surface area contributed by atoms with Gasteiger partial charge in [0.15, 0.2) is 10.6 Å². The lowest BCUT2D eigenvalue weighted by Gasteiger charge is -2.36. The van der Waals surface area contributed by atoms with E-state index in [4.69, 9.17) is 39.3 Å². The number of halogens is 3. The Hall–Kier alpha value is -2.81. The molecule has 1 aliphatic rings. The number of alkyl halides is 2. The Morgan fingerprint density at radius 2 is 1.88 bits per heavy atom. The first kappa shape index (κ1) is 23.4. The predicted octanol–water partition coefficient (Wildman–Crippen LogP) is 4.47. The highest BCUT2D eigenvalue weighted by Crippen LogP contribution is 2.38. The van der Waals surface area contributed by atoms with Gasteiger partial charge in [-0.1, -0.05) is 46.0 Å². The number of amides is 2. The van der Waals surface area contributed by atoms with Gasteiger partial charge >= 0.3 is 0 Å². The zero-order chi connectivity index (χ0) is 23.5. The Labute approximate surface area is 205 Å². The van der Waals surface area contributed by atoms with Crippen molar-refractivity contribution >= 4 is 58.0 Å². The smallest absolute Gasteiger partial charge is 0.257 e. The molecule has 0 spiro atoms. The van der Waals surface area contributed by atoms with E-state index in [-0.39, 0.29) is 5.91 Å². The van der Waals surface area contributed by atoms with E-state index in [1.165, 1.54) is 6.20 Å². The highest BCUT2D eigenvalue weighted by Gasteiger charge is 2.24. The number of nitrogens with zero attached hydrogens (tertiary/aromatic N) is 4. The monoisotopic (exact) mass is 507 g/mol. The molecule has 11 heteroatoms. The summed E-state index contributed by atoms with van der Waals surface area (Å²) >= 11 is 17.8.